The molecule has 1 aromatic rings. The molecule has 0 unspecified atom stereocenters. The molecule has 4 nitrogen and oxygen atoms in total. The third kappa shape index (κ3) is 3.76. The summed E-state index contributed by atoms with van der Waals surface area (Å²) in [6, 6.07) is 8.36. The van der Waals surface area contributed by atoms with E-state index in [1.165, 1.54) is 39.3 Å². The summed E-state index contributed by atoms with van der Waals surface area (Å²) in [5.74, 6) is 0.846. The minimum atomic E-state index is -0.0490. The second kappa shape index (κ2) is 6.48. The second-order valence-corrected chi connectivity index (χ2v) is 6.17. The molecule has 1 N–H and O–H groups in total. The average molecular weight is 288 g/mol. The van der Waals surface area contributed by atoms with Crippen molar-refractivity contribution in [2.45, 2.75) is 51.2 Å². The quantitative estimate of drug-likeness (QED) is 0.926. The lowest BCUT2D eigenvalue weighted by molar-refractivity contribution is -0.114. The normalized spacial score (nSPS) is 26.0. The minimum Gasteiger partial charge on any atom is -0.490 e. The highest BCUT2D eigenvalue weighted by atomic mass is 16.5. The van der Waals surface area contributed by atoms with E-state index in [1.54, 1.807) is 0 Å². The highest BCUT2D eigenvalue weighted by Crippen LogP contribution is 2.31. The first kappa shape index (κ1) is 14.4. The second-order valence-electron chi connectivity index (χ2n) is 6.17. The van der Waals surface area contributed by atoms with Gasteiger partial charge in [0.1, 0.15) is 11.9 Å². The summed E-state index contributed by atoms with van der Waals surface area (Å²) in [4.78, 5) is 13.6. The molecule has 0 radical (unpaired) electrons. The lowest BCUT2D eigenvalue weighted by Crippen LogP contribution is -2.50. The number of carbonyl (C=O) groups excluding carboxylic acids is 1. The Hall–Kier alpha value is -1.55. The van der Waals surface area contributed by atoms with E-state index in [-0.39, 0.29) is 5.91 Å². The van der Waals surface area contributed by atoms with E-state index in [4.69, 9.17) is 4.74 Å². The van der Waals surface area contributed by atoms with Gasteiger partial charge in [-0.15, -0.1) is 0 Å². The van der Waals surface area contributed by atoms with E-state index < -0.39 is 0 Å². The van der Waals surface area contributed by atoms with Crippen LogP contribution in [-0.2, 0) is 4.79 Å². The van der Waals surface area contributed by atoms with Gasteiger partial charge in [-0.25, -0.2) is 0 Å². The fourth-order valence-electron chi connectivity index (χ4n) is 3.23. The van der Waals surface area contributed by atoms with Gasteiger partial charge < -0.3 is 15.0 Å². The zero-order valence-corrected chi connectivity index (χ0v) is 12.7. The molecule has 4 heteroatoms. The predicted octanol–water partition coefficient (Wildman–Crippen LogP) is 3.04. The first-order valence-corrected chi connectivity index (χ1v) is 7.99. The molecule has 2 aliphatic rings. The molecule has 1 aliphatic carbocycles. The number of rotatable bonds is 4. The number of nitrogens with zero attached hydrogens (tertiary/aromatic N) is 1. The smallest absolute Gasteiger partial charge is 0.221 e. The summed E-state index contributed by atoms with van der Waals surface area (Å²) < 4.78 is 5.99. The van der Waals surface area contributed by atoms with Gasteiger partial charge in [-0.1, -0.05) is 6.42 Å². The molecule has 0 aromatic heterocycles. The maximum atomic E-state index is 11.0. The largest absolute Gasteiger partial charge is 0.490 e. The van der Waals surface area contributed by atoms with Crippen LogP contribution in [-0.4, -0.2) is 36.0 Å². The molecule has 3 rings (SSSR count). The summed E-state index contributed by atoms with van der Waals surface area (Å²) >= 11 is 0. The van der Waals surface area contributed by atoms with E-state index in [1.807, 2.05) is 24.3 Å². The van der Waals surface area contributed by atoms with Gasteiger partial charge in [0.05, 0.1) is 0 Å². The summed E-state index contributed by atoms with van der Waals surface area (Å²) in [7, 11) is 0. The first-order chi connectivity index (χ1) is 10.2. The number of hydrogen-bond acceptors (Lipinski definition) is 3. The standard InChI is InChI=1S/C17H24N2O2/c1-13(20)18-14-5-7-16(8-6-14)21-17-11-15(12-17)19-9-3-2-4-10-19/h5-8,15,17H,2-4,9-12H2,1H3,(H,18,20). The SMILES string of the molecule is CC(=O)Nc1ccc(OC2CC(N3CCCCC3)C2)cc1. The zero-order chi connectivity index (χ0) is 14.7. The Morgan fingerprint density at radius 1 is 1.14 bits per heavy atom. The Bertz CT molecular complexity index is 474. The van der Waals surface area contributed by atoms with Crippen LogP contribution in [0.1, 0.15) is 39.0 Å². The maximum absolute atomic E-state index is 11.0. The van der Waals surface area contributed by atoms with E-state index in [0.29, 0.717) is 6.10 Å². The average Bonchev–Trinajstić information content (AvgIpc) is 2.44. The van der Waals surface area contributed by atoms with Crippen LogP contribution in [0.4, 0.5) is 5.69 Å². The van der Waals surface area contributed by atoms with Crippen LogP contribution < -0.4 is 10.1 Å². The van der Waals surface area contributed by atoms with Crippen LogP contribution in [0, 0.1) is 0 Å². The van der Waals surface area contributed by atoms with Crippen molar-refractivity contribution in [2.24, 2.45) is 0 Å². The number of anilines is 1. The Labute approximate surface area is 126 Å². The molecular formula is C17H24N2O2. The van der Waals surface area contributed by atoms with E-state index >= 15 is 0 Å². The number of hydrogen-bond donors (Lipinski definition) is 1. The molecule has 2 fully saturated rings. The van der Waals surface area contributed by atoms with Crippen molar-refractivity contribution >= 4 is 11.6 Å². The Morgan fingerprint density at radius 3 is 2.43 bits per heavy atom. The summed E-state index contributed by atoms with van der Waals surface area (Å²) in [6.07, 6.45) is 6.74. The molecule has 1 heterocycles. The number of ether oxygens (including phenoxy) is 1. The maximum Gasteiger partial charge on any atom is 0.221 e. The third-order valence-corrected chi connectivity index (χ3v) is 4.45. The Balaban J connectivity index is 1.44. The minimum absolute atomic E-state index is 0.0490. The molecule has 1 saturated heterocycles. The molecule has 0 bridgehead atoms. The summed E-state index contributed by atoms with van der Waals surface area (Å²) in [5, 5.41) is 2.76. The van der Waals surface area contributed by atoms with Crippen LogP contribution in [0.3, 0.4) is 0 Å². The van der Waals surface area contributed by atoms with E-state index in [2.05, 4.69) is 10.2 Å². The fraction of sp³-hybridized carbons (Fsp3) is 0.588. The van der Waals surface area contributed by atoms with E-state index in [9.17, 15) is 4.79 Å². The number of piperidine rings is 1. The predicted molar refractivity (Wildman–Crippen MR) is 83.6 cm³/mol. The summed E-state index contributed by atoms with van der Waals surface area (Å²) in [6.45, 7) is 4.05. The van der Waals surface area contributed by atoms with Gasteiger partial charge >= 0.3 is 0 Å². The molecule has 21 heavy (non-hydrogen) atoms. The highest BCUT2D eigenvalue weighted by molar-refractivity contribution is 5.88. The van der Waals surface area contributed by atoms with Crippen LogP contribution in [0.25, 0.3) is 0 Å². The molecule has 0 atom stereocenters. The number of carbonyl (C=O) groups is 1. The number of amides is 1. The molecule has 1 saturated carbocycles. The van der Waals surface area contributed by atoms with Gasteiger partial charge in [-0.2, -0.15) is 0 Å². The molecule has 114 valence electrons. The van der Waals surface area contributed by atoms with Crippen molar-refractivity contribution < 1.29 is 9.53 Å². The Morgan fingerprint density at radius 2 is 1.81 bits per heavy atom. The number of benzene rings is 1. The van der Waals surface area contributed by atoms with Gasteiger partial charge in [0, 0.05) is 31.5 Å². The monoisotopic (exact) mass is 288 g/mol. The third-order valence-electron chi connectivity index (χ3n) is 4.45. The van der Waals surface area contributed by atoms with E-state index in [0.717, 1.165) is 30.3 Å². The van der Waals surface area contributed by atoms with Gasteiger partial charge in [-0.05, 0) is 50.2 Å². The van der Waals surface area contributed by atoms with Crippen molar-refractivity contribution in [1.29, 1.82) is 0 Å². The van der Waals surface area contributed by atoms with Gasteiger partial charge in [0.2, 0.25) is 5.91 Å². The highest BCUT2D eigenvalue weighted by Gasteiger charge is 2.35. The van der Waals surface area contributed by atoms with Crippen LogP contribution in [0.15, 0.2) is 24.3 Å². The first-order valence-electron chi connectivity index (χ1n) is 7.99. The van der Waals surface area contributed by atoms with Gasteiger partial charge in [-0.3, -0.25) is 4.79 Å². The molecule has 0 spiro atoms. The summed E-state index contributed by atoms with van der Waals surface area (Å²) in [5.41, 5.74) is 0.814. The number of likely N-dealkylation sites (tertiary alicyclic amines) is 1. The van der Waals surface area contributed by atoms with Crippen LogP contribution in [0.2, 0.25) is 0 Å². The molecule has 1 aromatic carbocycles. The zero-order valence-electron chi connectivity index (χ0n) is 12.7. The topological polar surface area (TPSA) is 41.6 Å². The van der Waals surface area contributed by atoms with Gasteiger partial charge in [0.25, 0.3) is 0 Å². The van der Waals surface area contributed by atoms with Crippen molar-refractivity contribution in [1.82, 2.24) is 4.90 Å². The number of nitrogens with one attached hydrogen (secondary N) is 1. The Kier molecular flexibility index (Phi) is 4.44. The fourth-order valence-corrected chi connectivity index (χ4v) is 3.23. The molecular weight excluding hydrogens is 264 g/mol. The molecule has 1 aliphatic heterocycles. The lowest BCUT2D eigenvalue weighted by Gasteiger charge is -2.44. The lowest BCUT2D eigenvalue weighted by atomic mass is 9.86. The van der Waals surface area contributed by atoms with Crippen molar-refractivity contribution in [2.75, 3.05) is 18.4 Å². The van der Waals surface area contributed by atoms with Crippen molar-refractivity contribution in [3.05, 3.63) is 24.3 Å². The van der Waals surface area contributed by atoms with Gasteiger partial charge in [0.15, 0.2) is 0 Å². The van der Waals surface area contributed by atoms with Crippen molar-refractivity contribution in [3.63, 3.8) is 0 Å². The van der Waals surface area contributed by atoms with Crippen LogP contribution in [0.5, 0.6) is 5.75 Å². The van der Waals surface area contributed by atoms with Crippen LogP contribution >= 0.6 is 0 Å². The van der Waals surface area contributed by atoms with Crippen molar-refractivity contribution in [3.8, 4) is 5.75 Å². The molecule has 1 amide bonds.